The van der Waals surface area contributed by atoms with E-state index in [-0.39, 0.29) is 6.54 Å². The lowest BCUT2D eigenvalue weighted by Gasteiger charge is -2.34. The first-order chi connectivity index (χ1) is 19.4. The standard InChI is InChI=1S/C32H46ClN3O5/c1-7-8-9-10-11-12-19-36(30(39)26(21-37)34-31(40)41-32(4,5)6)28(24-17-13-15-22(2)20-24)29(38)35-27-23(3)16-14-18-25(27)33/h13-18,20,26,28,37H,7-12,19,21H2,1-6H3,(H,34,40)(H,35,38). The molecule has 2 rings (SSSR count). The first-order valence-corrected chi connectivity index (χ1v) is 14.8. The number of aliphatic hydroxyl groups excluding tert-OH is 1. The van der Waals surface area contributed by atoms with Gasteiger partial charge >= 0.3 is 6.09 Å². The lowest BCUT2D eigenvalue weighted by Crippen LogP contribution is -2.54. The van der Waals surface area contributed by atoms with Crippen molar-refractivity contribution in [3.8, 4) is 0 Å². The Balaban J connectivity index is 2.49. The highest BCUT2D eigenvalue weighted by molar-refractivity contribution is 6.34. The Kier molecular flexibility index (Phi) is 13.6. The maximum Gasteiger partial charge on any atom is 0.408 e. The van der Waals surface area contributed by atoms with Gasteiger partial charge in [-0.25, -0.2) is 4.79 Å². The Labute approximate surface area is 249 Å². The molecule has 0 aliphatic heterocycles. The Morgan fingerprint density at radius 3 is 2.27 bits per heavy atom. The molecule has 0 aliphatic rings. The lowest BCUT2D eigenvalue weighted by molar-refractivity contribution is -0.141. The summed E-state index contributed by atoms with van der Waals surface area (Å²) in [6.45, 7) is 10.6. The summed E-state index contributed by atoms with van der Waals surface area (Å²) in [6, 6.07) is 10.4. The highest BCUT2D eigenvalue weighted by atomic mass is 35.5. The molecule has 0 radical (unpaired) electrons. The number of anilines is 1. The molecule has 0 spiro atoms. The fraction of sp³-hybridized carbons (Fsp3) is 0.531. The van der Waals surface area contributed by atoms with Gasteiger partial charge in [0.2, 0.25) is 5.91 Å². The second kappa shape index (κ2) is 16.4. The molecule has 2 atom stereocenters. The fourth-order valence-corrected chi connectivity index (χ4v) is 4.83. The van der Waals surface area contributed by atoms with Crippen molar-refractivity contribution in [3.05, 3.63) is 64.2 Å². The van der Waals surface area contributed by atoms with Crippen LogP contribution in [0.3, 0.4) is 0 Å². The molecule has 226 valence electrons. The zero-order valence-electron chi connectivity index (χ0n) is 25.3. The molecule has 9 heteroatoms. The van der Waals surface area contributed by atoms with E-state index in [0.717, 1.165) is 43.2 Å². The van der Waals surface area contributed by atoms with Gasteiger partial charge in [-0.15, -0.1) is 0 Å². The second-order valence-electron chi connectivity index (χ2n) is 11.4. The zero-order valence-corrected chi connectivity index (χ0v) is 26.0. The Hall–Kier alpha value is -3.10. The number of aryl methyl sites for hydroxylation is 2. The van der Waals surface area contributed by atoms with Gasteiger partial charge in [0.25, 0.3) is 5.91 Å². The molecular formula is C32H46ClN3O5. The summed E-state index contributed by atoms with van der Waals surface area (Å²) in [5.74, 6) is -1.02. The van der Waals surface area contributed by atoms with Crippen LogP contribution in [-0.2, 0) is 14.3 Å². The van der Waals surface area contributed by atoms with Gasteiger partial charge in [-0.2, -0.15) is 0 Å². The number of para-hydroxylation sites is 1. The maximum atomic E-state index is 14.0. The first kappa shape index (κ1) is 34.1. The maximum absolute atomic E-state index is 14.0. The zero-order chi connectivity index (χ0) is 30.6. The molecule has 0 heterocycles. The van der Waals surface area contributed by atoms with Crippen LogP contribution < -0.4 is 10.6 Å². The van der Waals surface area contributed by atoms with Gasteiger partial charge in [0, 0.05) is 6.54 Å². The Morgan fingerprint density at radius 2 is 1.66 bits per heavy atom. The molecule has 3 amide bonds. The molecule has 0 saturated carbocycles. The number of nitrogens with zero attached hydrogens (tertiary/aromatic N) is 1. The minimum absolute atomic E-state index is 0.255. The number of halogens is 1. The topological polar surface area (TPSA) is 108 Å². The summed E-state index contributed by atoms with van der Waals surface area (Å²) in [6.07, 6.45) is 5.07. The number of rotatable bonds is 14. The van der Waals surface area contributed by atoms with E-state index in [1.165, 1.54) is 4.90 Å². The summed E-state index contributed by atoms with van der Waals surface area (Å²) < 4.78 is 5.32. The average Bonchev–Trinajstić information content (AvgIpc) is 2.89. The van der Waals surface area contributed by atoms with Gasteiger partial charge in [-0.05, 0) is 58.2 Å². The summed E-state index contributed by atoms with van der Waals surface area (Å²) in [5.41, 5.74) is 1.99. The number of hydrogen-bond donors (Lipinski definition) is 3. The van der Waals surface area contributed by atoms with Crippen molar-refractivity contribution in [1.82, 2.24) is 10.2 Å². The van der Waals surface area contributed by atoms with Crippen molar-refractivity contribution in [1.29, 1.82) is 0 Å². The predicted octanol–water partition coefficient (Wildman–Crippen LogP) is 6.71. The second-order valence-corrected chi connectivity index (χ2v) is 11.8. The number of aliphatic hydroxyl groups is 1. The van der Waals surface area contributed by atoms with E-state index in [2.05, 4.69) is 17.6 Å². The molecule has 2 aromatic carbocycles. The van der Waals surface area contributed by atoms with Gasteiger partial charge in [0.1, 0.15) is 17.7 Å². The number of ether oxygens (including phenoxy) is 1. The monoisotopic (exact) mass is 587 g/mol. The van der Waals surface area contributed by atoms with Crippen LogP contribution in [0.1, 0.15) is 89.0 Å². The van der Waals surface area contributed by atoms with Crippen molar-refractivity contribution < 1.29 is 24.2 Å². The number of alkyl carbamates (subject to hydrolysis) is 1. The van der Waals surface area contributed by atoms with E-state index in [1.807, 2.05) is 38.1 Å². The molecule has 0 bridgehead atoms. The van der Waals surface area contributed by atoms with Crippen molar-refractivity contribution in [2.45, 2.75) is 97.8 Å². The number of hydrogen-bond acceptors (Lipinski definition) is 5. The molecule has 0 aromatic heterocycles. The third-order valence-electron chi connectivity index (χ3n) is 6.60. The smallest absolute Gasteiger partial charge is 0.408 e. The van der Waals surface area contributed by atoms with E-state index in [1.54, 1.807) is 39.0 Å². The van der Waals surface area contributed by atoms with Crippen LogP contribution in [0.2, 0.25) is 5.02 Å². The molecule has 0 fully saturated rings. The van der Waals surface area contributed by atoms with Crippen molar-refractivity contribution in [2.75, 3.05) is 18.5 Å². The van der Waals surface area contributed by atoms with Gasteiger partial charge in [0.05, 0.1) is 17.3 Å². The van der Waals surface area contributed by atoms with E-state index in [0.29, 0.717) is 22.7 Å². The number of nitrogens with one attached hydrogen (secondary N) is 2. The molecule has 0 aliphatic carbocycles. The van der Waals surface area contributed by atoms with Crippen LogP contribution >= 0.6 is 11.6 Å². The van der Waals surface area contributed by atoms with Crippen LogP contribution in [0.25, 0.3) is 0 Å². The minimum Gasteiger partial charge on any atom is -0.444 e. The minimum atomic E-state index is -1.30. The third kappa shape index (κ3) is 11.0. The van der Waals surface area contributed by atoms with Gasteiger partial charge in [0.15, 0.2) is 0 Å². The molecule has 8 nitrogen and oxygen atoms in total. The van der Waals surface area contributed by atoms with Gasteiger partial charge in [-0.3, -0.25) is 9.59 Å². The van der Waals surface area contributed by atoms with Crippen LogP contribution in [0.5, 0.6) is 0 Å². The molecular weight excluding hydrogens is 542 g/mol. The summed E-state index contributed by atoms with van der Waals surface area (Å²) in [4.78, 5) is 42.0. The summed E-state index contributed by atoms with van der Waals surface area (Å²) >= 11 is 6.43. The quantitative estimate of drug-likeness (QED) is 0.213. The molecule has 2 unspecified atom stereocenters. The van der Waals surface area contributed by atoms with Crippen LogP contribution in [0.4, 0.5) is 10.5 Å². The van der Waals surface area contributed by atoms with Crippen LogP contribution in [0.15, 0.2) is 42.5 Å². The normalized spacial score (nSPS) is 12.8. The highest BCUT2D eigenvalue weighted by Crippen LogP contribution is 2.30. The summed E-state index contributed by atoms with van der Waals surface area (Å²) in [7, 11) is 0. The predicted molar refractivity (Wildman–Crippen MR) is 164 cm³/mol. The van der Waals surface area contributed by atoms with Gasteiger partial charge < -0.3 is 25.4 Å². The largest absolute Gasteiger partial charge is 0.444 e. The lowest BCUT2D eigenvalue weighted by atomic mass is 10.00. The van der Waals surface area contributed by atoms with Crippen LogP contribution in [-0.4, -0.2) is 52.7 Å². The highest BCUT2D eigenvalue weighted by Gasteiger charge is 2.36. The van der Waals surface area contributed by atoms with E-state index in [4.69, 9.17) is 16.3 Å². The number of amides is 3. The molecule has 3 N–H and O–H groups in total. The van der Waals surface area contributed by atoms with Crippen molar-refractivity contribution >= 4 is 35.2 Å². The van der Waals surface area contributed by atoms with E-state index in [9.17, 15) is 19.5 Å². The Morgan fingerprint density at radius 1 is 1.00 bits per heavy atom. The van der Waals surface area contributed by atoms with Gasteiger partial charge in [-0.1, -0.05) is 92.6 Å². The number of unbranched alkanes of at least 4 members (excludes halogenated alkanes) is 5. The number of carbonyl (C=O) groups is 3. The SMILES string of the molecule is CCCCCCCCN(C(=O)C(CO)NC(=O)OC(C)(C)C)C(C(=O)Nc1c(C)cccc1Cl)c1cccc(C)c1. The fourth-order valence-electron chi connectivity index (χ4n) is 4.56. The molecule has 2 aromatic rings. The molecule has 0 saturated heterocycles. The average molecular weight is 588 g/mol. The number of carbonyl (C=O) groups excluding carboxylic acids is 3. The first-order valence-electron chi connectivity index (χ1n) is 14.4. The summed E-state index contributed by atoms with van der Waals surface area (Å²) in [5, 5.41) is 16.0. The van der Waals surface area contributed by atoms with E-state index >= 15 is 0 Å². The van der Waals surface area contributed by atoms with E-state index < -0.39 is 42.2 Å². The van der Waals surface area contributed by atoms with Crippen LogP contribution in [0, 0.1) is 13.8 Å². The third-order valence-corrected chi connectivity index (χ3v) is 6.91. The molecule has 41 heavy (non-hydrogen) atoms. The Bertz CT molecular complexity index is 1140. The number of benzene rings is 2. The van der Waals surface area contributed by atoms with Crippen molar-refractivity contribution in [3.63, 3.8) is 0 Å². The van der Waals surface area contributed by atoms with Crippen molar-refractivity contribution in [2.24, 2.45) is 0 Å².